The lowest BCUT2D eigenvalue weighted by Gasteiger charge is -2.23. The minimum Gasteiger partial charge on any atom is -0.481 e. The number of carboxylic acids is 1. The SMILES string of the molecule is NCC1CCc2c(C3=CCC(C(=O)O)CC3)nn(C(=O)c3c(Cl)cccc3C3CC3)c2C1. The van der Waals surface area contributed by atoms with Gasteiger partial charge in [-0.3, -0.25) is 9.59 Å². The van der Waals surface area contributed by atoms with Crippen LogP contribution in [0.3, 0.4) is 0 Å². The van der Waals surface area contributed by atoms with Crippen molar-refractivity contribution in [3.63, 3.8) is 0 Å². The number of carbonyl (C=O) groups excluding carboxylic acids is 1. The predicted octanol–water partition coefficient (Wildman–Crippen LogP) is 4.43. The minimum absolute atomic E-state index is 0.169. The van der Waals surface area contributed by atoms with Gasteiger partial charge in [-0.1, -0.05) is 29.8 Å². The molecular formula is C25H28ClN3O3. The number of allylic oxidation sites excluding steroid dienone is 2. The first-order valence-electron chi connectivity index (χ1n) is 11.5. The van der Waals surface area contributed by atoms with Crippen molar-refractivity contribution in [3.8, 4) is 0 Å². The molecule has 3 aliphatic carbocycles. The highest BCUT2D eigenvalue weighted by molar-refractivity contribution is 6.34. The highest BCUT2D eigenvalue weighted by atomic mass is 35.5. The first-order chi connectivity index (χ1) is 15.5. The van der Waals surface area contributed by atoms with E-state index in [1.165, 1.54) is 0 Å². The van der Waals surface area contributed by atoms with E-state index in [-0.39, 0.29) is 11.8 Å². The summed E-state index contributed by atoms with van der Waals surface area (Å²) in [5.41, 5.74) is 11.5. The number of hydrogen-bond acceptors (Lipinski definition) is 4. The molecule has 1 aromatic heterocycles. The van der Waals surface area contributed by atoms with E-state index in [2.05, 4.69) is 0 Å². The second kappa shape index (κ2) is 8.49. The third-order valence-corrected chi connectivity index (χ3v) is 7.56. The molecule has 5 rings (SSSR count). The molecule has 0 saturated heterocycles. The molecule has 1 saturated carbocycles. The van der Waals surface area contributed by atoms with Crippen molar-refractivity contribution in [2.24, 2.45) is 17.6 Å². The smallest absolute Gasteiger partial charge is 0.306 e. The number of benzene rings is 1. The van der Waals surface area contributed by atoms with Gasteiger partial charge in [0.25, 0.3) is 5.91 Å². The van der Waals surface area contributed by atoms with Gasteiger partial charge in [0.2, 0.25) is 0 Å². The summed E-state index contributed by atoms with van der Waals surface area (Å²) in [6.45, 7) is 0.580. The van der Waals surface area contributed by atoms with E-state index in [4.69, 9.17) is 22.4 Å². The molecule has 0 aliphatic heterocycles. The second-order valence-electron chi connectivity index (χ2n) is 9.35. The number of nitrogens with two attached hydrogens (primary N) is 1. The standard InChI is InChI=1S/C25H28ClN3O3/c26-20-3-1-2-18(15-5-6-15)22(20)24(30)29-21-12-14(13-27)4-11-19(21)23(28-29)16-7-9-17(10-8-16)25(31)32/h1-3,7,14-15,17H,4-6,8-13,27H2,(H,31,32). The topological polar surface area (TPSA) is 98.2 Å². The molecule has 7 heteroatoms. The molecule has 6 nitrogen and oxygen atoms in total. The maximum absolute atomic E-state index is 13.8. The van der Waals surface area contributed by atoms with Gasteiger partial charge in [-0.15, -0.1) is 0 Å². The number of carboxylic acid groups (broad SMARTS) is 1. The van der Waals surface area contributed by atoms with E-state index in [9.17, 15) is 14.7 Å². The molecule has 2 atom stereocenters. The molecule has 0 bridgehead atoms. The largest absolute Gasteiger partial charge is 0.481 e. The average Bonchev–Trinajstić information content (AvgIpc) is 3.58. The Morgan fingerprint density at radius 3 is 2.66 bits per heavy atom. The number of nitrogens with zero attached hydrogens (tertiary/aromatic N) is 2. The van der Waals surface area contributed by atoms with Crippen LogP contribution in [0, 0.1) is 11.8 Å². The van der Waals surface area contributed by atoms with E-state index in [1.807, 2.05) is 18.2 Å². The monoisotopic (exact) mass is 453 g/mol. The van der Waals surface area contributed by atoms with Crippen molar-refractivity contribution >= 4 is 29.1 Å². The van der Waals surface area contributed by atoms with Gasteiger partial charge in [0, 0.05) is 5.56 Å². The van der Waals surface area contributed by atoms with Crippen LogP contribution in [-0.4, -0.2) is 33.3 Å². The fraction of sp³-hybridized carbons (Fsp3) is 0.480. The van der Waals surface area contributed by atoms with Gasteiger partial charge in [-0.05, 0) is 87.0 Å². The van der Waals surface area contributed by atoms with Crippen LogP contribution in [0.5, 0.6) is 0 Å². The van der Waals surface area contributed by atoms with Crippen LogP contribution in [0.15, 0.2) is 24.3 Å². The molecule has 32 heavy (non-hydrogen) atoms. The second-order valence-corrected chi connectivity index (χ2v) is 9.76. The van der Waals surface area contributed by atoms with Crippen molar-refractivity contribution in [2.75, 3.05) is 6.54 Å². The molecular weight excluding hydrogens is 426 g/mol. The third kappa shape index (κ3) is 3.80. The van der Waals surface area contributed by atoms with Gasteiger partial charge < -0.3 is 10.8 Å². The molecule has 1 heterocycles. The highest BCUT2D eigenvalue weighted by Crippen LogP contribution is 2.44. The first-order valence-corrected chi connectivity index (χ1v) is 11.9. The summed E-state index contributed by atoms with van der Waals surface area (Å²) in [7, 11) is 0. The van der Waals surface area contributed by atoms with Crippen LogP contribution in [0.25, 0.3) is 5.57 Å². The van der Waals surface area contributed by atoms with Gasteiger partial charge in [0.05, 0.1) is 27.9 Å². The number of aromatic nitrogens is 2. The Bertz CT molecular complexity index is 1120. The van der Waals surface area contributed by atoms with Crippen LogP contribution < -0.4 is 5.73 Å². The maximum Gasteiger partial charge on any atom is 0.306 e. The van der Waals surface area contributed by atoms with Crippen LogP contribution >= 0.6 is 11.6 Å². The van der Waals surface area contributed by atoms with Gasteiger partial charge in [0.15, 0.2) is 0 Å². The third-order valence-electron chi connectivity index (χ3n) is 7.24. The molecule has 0 amide bonds. The highest BCUT2D eigenvalue weighted by Gasteiger charge is 2.34. The summed E-state index contributed by atoms with van der Waals surface area (Å²) in [6, 6.07) is 5.69. The zero-order valence-corrected chi connectivity index (χ0v) is 18.8. The predicted molar refractivity (Wildman–Crippen MR) is 123 cm³/mol. The fourth-order valence-corrected chi connectivity index (χ4v) is 5.45. The number of fused-ring (bicyclic) bond motifs is 1. The summed E-state index contributed by atoms with van der Waals surface area (Å²) >= 11 is 6.54. The van der Waals surface area contributed by atoms with Gasteiger partial charge >= 0.3 is 5.97 Å². The molecule has 3 N–H and O–H groups in total. The fourth-order valence-electron chi connectivity index (χ4n) is 5.19. The normalized spacial score (nSPS) is 22.9. The molecule has 2 aromatic rings. The lowest BCUT2D eigenvalue weighted by molar-refractivity contribution is -0.141. The Morgan fingerprint density at radius 2 is 2.00 bits per heavy atom. The van der Waals surface area contributed by atoms with E-state index >= 15 is 0 Å². The average molecular weight is 454 g/mol. The lowest BCUT2D eigenvalue weighted by Crippen LogP contribution is -2.26. The number of hydrogen-bond donors (Lipinski definition) is 2. The molecule has 2 unspecified atom stereocenters. The summed E-state index contributed by atoms with van der Waals surface area (Å²) in [4.78, 5) is 25.2. The zero-order valence-electron chi connectivity index (χ0n) is 18.0. The van der Waals surface area contributed by atoms with E-state index < -0.39 is 5.97 Å². The lowest BCUT2D eigenvalue weighted by atomic mass is 9.83. The van der Waals surface area contributed by atoms with Crippen LogP contribution in [0.2, 0.25) is 5.02 Å². The first kappa shape index (κ1) is 21.4. The van der Waals surface area contributed by atoms with Crippen LogP contribution in [-0.2, 0) is 17.6 Å². The quantitative estimate of drug-likeness (QED) is 0.697. The van der Waals surface area contributed by atoms with Crippen molar-refractivity contribution in [1.82, 2.24) is 9.78 Å². The van der Waals surface area contributed by atoms with Gasteiger partial charge in [0.1, 0.15) is 0 Å². The molecule has 0 radical (unpaired) electrons. The van der Waals surface area contributed by atoms with E-state index in [0.717, 1.165) is 60.2 Å². The van der Waals surface area contributed by atoms with Gasteiger partial charge in [-0.25, -0.2) is 0 Å². The molecule has 0 spiro atoms. The molecule has 3 aliphatic rings. The summed E-state index contributed by atoms with van der Waals surface area (Å²) < 4.78 is 1.57. The zero-order chi connectivity index (χ0) is 22.4. The Balaban J connectivity index is 1.58. The van der Waals surface area contributed by atoms with E-state index in [1.54, 1.807) is 10.7 Å². The molecule has 1 fully saturated rings. The van der Waals surface area contributed by atoms with Crippen LogP contribution in [0.1, 0.15) is 77.3 Å². The number of aliphatic carboxylic acids is 1. The Kier molecular flexibility index (Phi) is 5.68. The Labute approximate surface area is 192 Å². The van der Waals surface area contributed by atoms with E-state index in [0.29, 0.717) is 48.2 Å². The summed E-state index contributed by atoms with van der Waals surface area (Å²) in [6.07, 6.45) is 8.44. The Morgan fingerprint density at radius 1 is 1.19 bits per heavy atom. The van der Waals surface area contributed by atoms with Crippen LogP contribution in [0.4, 0.5) is 0 Å². The van der Waals surface area contributed by atoms with Crippen molar-refractivity contribution in [3.05, 3.63) is 57.4 Å². The van der Waals surface area contributed by atoms with Crippen molar-refractivity contribution < 1.29 is 14.7 Å². The molecule has 168 valence electrons. The van der Waals surface area contributed by atoms with Gasteiger partial charge in [-0.2, -0.15) is 9.78 Å². The minimum atomic E-state index is -0.750. The Hall–Kier alpha value is -2.44. The molecule has 1 aromatic carbocycles. The van der Waals surface area contributed by atoms with Crippen molar-refractivity contribution in [2.45, 2.75) is 57.3 Å². The number of carbonyl (C=O) groups is 2. The number of rotatable bonds is 5. The maximum atomic E-state index is 13.8. The van der Waals surface area contributed by atoms with Crippen molar-refractivity contribution in [1.29, 1.82) is 0 Å². The number of halogens is 1. The summed E-state index contributed by atoms with van der Waals surface area (Å²) in [5.74, 6) is -0.546. The summed E-state index contributed by atoms with van der Waals surface area (Å²) in [5, 5.41) is 14.6.